The first-order chi connectivity index (χ1) is 6.39. The van der Waals surface area contributed by atoms with Crippen molar-refractivity contribution in [3.63, 3.8) is 0 Å². The largest absolute Gasteiger partial charge is 0.389 e. The maximum absolute atomic E-state index is 11.7. The molecule has 0 rings (SSSR count). The molecule has 0 spiro atoms. The number of alkyl halides is 3. The van der Waals surface area contributed by atoms with Gasteiger partial charge in [0.2, 0.25) is 5.91 Å². The molecule has 0 saturated heterocycles. The summed E-state index contributed by atoms with van der Waals surface area (Å²) in [7, 11) is 0. The van der Waals surface area contributed by atoms with Crippen LogP contribution in [0.3, 0.4) is 0 Å². The minimum Gasteiger partial charge on any atom is -0.352 e. The summed E-state index contributed by atoms with van der Waals surface area (Å²) in [6, 6.07) is -0.226. The topological polar surface area (TPSA) is 55.1 Å². The van der Waals surface area contributed by atoms with Gasteiger partial charge in [-0.05, 0) is 6.42 Å². The maximum Gasteiger partial charge on any atom is 0.389 e. The first-order valence-corrected chi connectivity index (χ1v) is 4.45. The lowest BCUT2D eigenvalue weighted by atomic mass is 10.2. The van der Waals surface area contributed by atoms with E-state index >= 15 is 0 Å². The molecule has 0 saturated carbocycles. The van der Waals surface area contributed by atoms with Crippen molar-refractivity contribution in [3.05, 3.63) is 0 Å². The minimum atomic E-state index is -4.28. The number of nitrogens with one attached hydrogen (secondary N) is 1. The molecular weight excluding hydrogens is 197 g/mol. The van der Waals surface area contributed by atoms with Crippen LogP contribution >= 0.6 is 0 Å². The predicted molar refractivity (Wildman–Crippen MR) is 46.6 cm³/mol. The first-order valence-electron chi connectivity index (χ1n) is 4.45. The van der Waals surface area contributed by atoms with Crippen molar-refractivity contribution in [1.29, 1.82) is 0 Å². The highest BCUT2D eigenvalue weighted by atomic mass is 19.4. The molecule has 0 aliphatic rings. The van der Waals surface area contributed by atoms with Gasteiger partial charge in [-0.1, -0.05) is 6.92 Å². The van der Waals surface area contributed by atoms with Crippen LogP contribution in [0, 0.1) is 0 Å². The van der Waals surface area contributed by atoms with Crippen LogP contribution in [0.4, 0.5) is 13.2 Å². The molecule has 0 bridgehead atoms. The Labute approximate surface area is 80.8 Å². The number of hydrogen-bond donors (Lipinski definition) is 2. The molecule has 3 N–H and O–H groups in total. The number of hydrogen-bond acceptors (Lipinski definition) is 2. The minimum absolute atomic E-state index is 0.226. The van der Waals surface area contributed by atoms with Crippen molar-refractivity contribution in [2.75, 3.05) is 6.54 Å². The molecule has 3 nitrogen and oxygen atoms in total. The van der Waals surface area contributed by atoms with Gasteiger partial charge in [-0.3, -0.25) is 4.79 Å². The SMILES string of the molecule is CCC(CN)NC(=O)CCC(F)(F)F. The Kier molecular flexibility index (Phi) is 5.52. The Balaban J connectivity index is 3.75. The van der Waals surface area contributed by atoms with Gasteiger partial charge in [-0.2, -0.15) is 13.2 Å². The van der Waals surface area contributed by atoms with Gasteiger partial charge in [0.1, 0.15) is 0 Å². The third-order valence-corrected chi connectivity index (χ3v) is 1.78. The van der Waals surface area contributed by atoms with E-state index in [4.69, 9.17) is 5.73 Å². The third kappa shape index (κ3) is 6.71. The van der Waals surface area contributed by atoms with Gasteiger partial charge in [-0.25, -0.2) is 0 Å². The first kappa shape index (κ1) is 13.2. The monoisotopic (exact) mass is 212 g/mol. The molecule has 14 heavy (non-hydrogen) atoms. The van der Waals surface area contributed by atoms with Crippen molar-refractivity contribution >= 4 is 5.91 Å². The van der Waals surface area contributed by atoms with Crippen LogP contribution in [0.15, 0.2) is 0 Å². The van der Waals surface area contributed by atoms with Crippen LogP contribution in [0.5, 0.6) is 0 Å². The van der Waals surface area contributed by atoms with E-state index in [1.165, 1.54) is 0 Å². The summed E-state index contributed by atoms with van der Waals surface area (Å²) < 4.78 is 35.1. The molecule has 0 aliphatic carbocycles. The quantitative estimate of drug-likeness (QED) is 0.719. The molecule has 84 valence electrons. The summed E-state index contributed by atoms with van der Waals surface area (Å²) in [5, 5.41) is 2.42. The van der Waals surface area contributed by atoms with Gasteiger partial charge in [-0.15, -0.1) is 0 Å². The van der Waals surface area contributed by atoms with E-state index in [1.807, 2.05) is 6.92 Å². The molecule has 1 unspecified atom stereocenters. The summed E-state index contributed by atoms with van der Waals surface area (Å²) in [6.07, 6.45) is -5.27. The highest BCUT2D eigenvalue weighted by Crippen LogP contribution is 2.20. The van der Waals surface area contributed by atoms with Crippen molar-refractivity contribution in [3.8, 4) is 0 Å². The summed E-state index contributed by atoms with van der Waals surface area (Å²) in [5.74, 6) is -0.598. The van der Waals surface area contributed by atoms with E-state index in [0.29, 0.717) is 6.42 Å². The molecule has 0 aromatic heterocycles. The third-order valence-electron chi connectivity index (χ3n) is 1.78. The zero-order chi connectivity index (χ0) is 11.2. The van der Waals surface area contributed by atoms with E-state index in [9.17, 15) is 18.0 Å². The second-order valence-corrected chi connectivity index (χ2v) is 3.02. The number of carbonyl (C=O) groups excluding carboxylic acids is 1. The van der Waals surface area contributed by atoms with Gasteiger partial charge >= 0.3 is 6.18 Å². The second kappa shape index (κ2) is 5.85. The second-order valence-electron chi connectivity index (χ2n) is 3.02. The number of nitrogens with two attached hydrogens (primary N) is 1. The number of rotatable bonds is 5. The maximum atomic E-state index is 11.7. The van der Waals surface area contributed by atoms with Gasteiger partial charge in [0, 0.05) is 19.0 Å². The van der Waals surface area contributed by atoms with E-state index in [2.05, 4.69) is 5.32 Å². The highest BCUT2D eigenvalue weighted by Gasteiger charge is 2.28. The zero-order valence-electron chi connectivity index (χ0n) is 8.03. The zero-order valence-corrected chi connectivity index (χ0v) is 8.03. The van der Waals surface area contributed by atoms with Gasteiger partial charge in [0.25, 0.3) is 0 Å². The van der Waals surface area contributed by atoms with Crippen LogP contribution in [0.2, 0.25) is 0 Å². The fraction of sp³-hybridized carbons (Fsp3) is 0.875. The lowest BCUT2D eigenvalue weighted by Gasteiger charge is -2.14. The number of halogens is 3. The average molecular weight is 212 g/mol. The molecule has 6 heteroatoms. The van der Waals surface area contributed by atoms with Gasteiger partial charge < -0.3 is 11.1 Å². The summed E-state index contributed by atoms with van der Waals surface area (Å²) in [5.41, 5.74) is 5.28. The smallest absolute Gasteiger partial charge is 0.352 e. The number of carbonyl (C=O) groups is 1. The van der Waals surface area contributed by atoms with E-state index in [0.717, 1.165) is 0 Å². The Bertz CT molecular complexity index is 178. The molecule has 0 radical (unpaired) electrons. The molecule has 1 amide bonds. The molecular formula is C8H15F3N2O. The van der Waals surface area contributed by atoms with Crippen LogP contribution in [-0.2, 0) is 4.79 Å². The predicted octanol–water partition coefficient (Wildman–Crippen LogP) is 1.18. The molecule has 1 atom stereocenters. The summed E-state index contributed by atoms with van der Waals surface area (Å²) in [6.45, 7) is 2.05. The summed E-state index contributed by atoms with van der Waals surface area (Å²) >= 11 is 0. The van der Waals surface area contributed by atoms with Gasteiger partial charge in [0.05, 0.1) is 6.42 Å². The van der Waals surface area contributed by atoms with Crippen molar-refractivity contribution in [1.82, 2.24) is 5.32 Å². The highest BCUT2D eigenvalue weighted by molar-refractivity contribution is 5.76. The lowest BCUT2D eigenvalue weighted by molar-refractivity contribution is -0.144. The standard InChI is InChI=1S/C8H15F3N2O/c1-2-6(5-12)13-7(14)3-4-8(9,10)11/h6H,2-5,12H2,1H3,(H,13,14). The van der Waals surface area contributed by atoms with E-state index in [1.54, 1.807) is 0 Å². The molecule has 0 aromatic rings. The molecule has 0 heterocycles. The van der Waals surface area contributed by atoms with Crippen LogP contribution in [0.1, 0.15) is 26.2 Å². The van der Waals surface area contributed by atoms with Crippen LogP contribution in [0.25, 0.3) is 0 Å². The van der Waals surface area contributed by atoms with Crippen LogP contribution < -0.4 is 11.1 Å². The van der Waals surface area contributed by atoms with Crippen molar-refractivity contribution in [2.24, 2.45) is 5.73 Å². The Hall–Kier alpha value is -0.780. The fourth-order valence-electron chi connectivity index (χ4n) is 0.883. The molecule has 0 fully saturated rings. The summed E-state index contributed by atoms with van der Waals surface area (Å²) in [4.78, 5) is 11.0. The van der Waals surface area contributed by atoms with Crippen molar-refractivity contribution < 1.29 is 18.0 Å². The van der Waals surface area contributed by atoms with Crippen LogP contribution in [-0.4, -0.2) is 24.7 Å². The Morgan fingerprint density at radius 3 is 2.43 bits per heavy atom. The molecule has 0 aromatic carbocycles. The molecule has 0 aliphatic heterocycles. The normalized spacial score (nSPS) is 13.8. The van der Waals surface area contributed by atoms with Crippen molar-refractivity contribution in [2.45, 2.75) is 38.4 Å². The van der Waals surface area contributed by atoms with E-state index in [-0.39, 0.29) is 12.6 Å². The van der Waals surface area contributed by atoms with Gasteiger partial charge in [0.15, 0.2) is 0 Å². The average Bonchev–Trinajstić information content (AvgIpc) is 2.09. The fourth-order valence-corrected chi connectivity index (χ4v) is 0.883. The number of amides is 1. The van der Waals surface area contributed by atoms with E-state index < -0.39 is 24.9 Å². The lowest BCUT2D eigenvalue weighted by Crippen LogP contribution is -2.39. The Morgan fingerprint density at radius 2 is 2.07 bits per heavy atom. The Morgan fingerprint density at radius 1 is 1.50 bits per heavy atom.